The normalized spacial score (nSPS) is 19.1. The fourth-order valence-electron chi connectivity index (χ4n) is 3.55. The fraction of sp³-hybridized carbons (Fsp3) is 0.0526. The quantitative estimate of drug-likeness (QED) is 0.589. The monoisotopic (exact) mass is 350 g/mol. The lowest BCUT2D eigenvalue weighted by molar-refractivity contribution is 1.67. The second-order valence-corrected chi connectivity index (χ2v) is 10.5. The van der Waals surface area contributed by atoms with Crippen LogP contribution in [0.2, 0.25) is 6.55 Å². The molecule has 0 saturated heterocycles. The maximum absolute atomic E-state index is 3.66. The molecule has 1 unspecified atom stereocenters. The van der Waals surface area contributed by atoms with Crippen molar-refractivity contribution in [2.45, 2.75) is 6.55 Å². The van der Waals surface area contributed by atoms with Crippen molar-refractivity contribution in [2.75, 3.05) is 0 Å². The molecule has 1 heterocycles. The van der Waals surface area contributed by atoms with Gasteiger partial charge in [-0.15, -0.1) is 0 Å². The zero-order chi connectivity index (χ0) is 14.4. The molecule has 3 aromatic carbocycles. The summed E-state index contributed by atoms with van der Waals surface area (Å²) >= 11 is 3.66. The third-order valence-corrected chi connectivity index (χ3v) is 9.61. The molecule has 0 aromatic heterocycles. The summed E-state index contributed by atoms with van der Waals surface area (Å²) in [6, 6.07) is 26.7. The molecular formula is C19H15BrSi. The number of halogens is 1. The van der Waals surface area contributed by atoms with Crippen LogP contribution < -0.4 is 15.6 Å². The molecule has 0 spiro atoms. The van der Waals surface area contributed by atoms with E-state index in [-0.39, 0.29) is 0 Å². The summed E-state index contributed by atoms with van der Waals surface area (Å²) in [5.41, 5.74) is 2.82. The van der Waals surface area contributed by atoms with E-state index in [1.165, 1.54) is 31.2 Å². The van der Waals surface area contributed by atoms with Crippen LogP contribution in [0.25, 0.3) is 11.1 Å². The summed E-state index contributed by atoms with van der Waals surface area (Å²) in [5, 5.41) is 4.53. The highest BCUT2D eigenvalue weighted by molar-refractivity contribution is 9.10. The zero-order valence-corrected chi connectivity index (χ0v) is 14.4. The highest BCUT2D eigenvalue weighted by Crippen LogP contribution is 2.29. The molecule has 1 atom stereocenters. The number of rotatable bonds is 1. The first kappa shape index (κ1) is 13.1. The largest absolute Gasteiger partial charge is 0.147 e. The van der Waals surface area contributed by atoms with E-state index in [2.05, 4.69) is 95.3 Å². The van der Waals surface area contributed by atoms with Crippen molar-refractivity contribution in [1.29, 1.82) is 0 Å². The molecule has 0 N–H and O–H groups in total. The van der Waals surface area contributed by atoms with Crippen LogP contribution in [0.5, 0.6) is 0 Å². The molecule has 21 heavy (non-hydrogen) atoms. The van der Waals surface area contributed by atoms with E-state index in [1.54, 1.807) is 0 Å². The smallest absolute Gasteiger partial charge is 0.0624 e. The molecule has 0 fully saturated rings. The molecule has 1 aliphatic rings. The number of benzene rings is 3. The summed E-state index contributed by atoms with van der Waals surface area (Å²) in [4.78, 5) is 0. The van der Waals surface area contributed by atoms with Gasteiger partial charge >= 0.3 is 0 Å². The van der Waals surface area contributed by atoms with Gasteiger partial charge < -0.3 is 0 Å². The Kier molecular flexibility index (Phi) is 2.91. The second-order valence-electron chi connectivity index (χ2n) is 5.73. The first-order valence-corrected chi connectivity index (χ1v) is 10.5. The minimum Gasteiger partial charge on any atom is -0.0624 e. The Balaban J connectivity index is 2.10. The first-order chi connectivity index (χ1) is 10.2. The molecule has 0 amide bonds. The van der Waals surface area contributed by atoms with E-state index in [0.29, 0.717) is 0 Å². The molecule has 2 heteroatoms. The first-order valence-electron chi connectivity index (χ1n) is 7.17. The highest BCUT2D eigenvalue weighted by Gasteiger charge is 2.42. The van der Waals surface area contributed by atoms with Crippen LogP contribution in [0.4, 0.5) is 0 Å². The van der Waals surface area contributed by atoms with Crippen molar-refractivity contribution in [3.63, 3.8) is 0 Å². The van der Waals surface area contributed by atoms with Gasteiger partial charge in [-0.2, -0.15) is 0 Å². The Morgan fingerprint density at radius 1 is 0.714 bits per heavy atom. The van der Waals surface area contributed by atoms with Crippen LogP contribution in [0, 0.1) is 0 Å². The number of fused-ring (bicyclic) bond motifs is 3. The molecule has 4 rings (SSSR count). The molecule has 3 aromatic rings. The van der Waals surface area contributed by atoms with Gasteiger partial charge in [0.05, 0.1) is 0 Å². The van der Waals surface area contributed by atoms with Crippen LogP contribution in [-0.4, -0.2) is 8.07 Å². The zero-order valence-electron chi connectivity index (χ0n) is 11.8. The van der Waals surface area contributed by atoms with E-state index in [9.17, 15) is 0 Å². The summed E-state index contributed by atoms with van der Waals surface area (Å²) in [6.07, 6.45) is 0. The van der Waals surface area contributed by atoms with Gasteiger partial charge in [-0.3, -0.25) is 0 Å². The predicted octanol–water partition coefficient (Wildman–Crippen LogP) is 3.53. The lowest BCUT2D eigenvalue weighted by Crippen LogP contribution is -2.62. The standard InChI is InChI=1S/C19H15BrSi/c1-21(15-7-3-2-4-8-15)18-10-6-5-9-16(18)17-12-11-14(20)13-19(17)21/h2-13H,1H3. The Morgan fingerprint density at radius 3 is 2.19 bits per heavy atom. The number of hydrogen-bond acceptors (Lipinski definition) is 0. The minimum absolute atomic E-state index is 1.17. The molecule has 0 saturated carbocycles. The Hall–Kier alpha value is -1.64. The summed E-state index contributed by atoms with van der Waals surface area (Å²) in [7, 11) is -1.87. The fourth-order valence-corrected chi connectivity index (χ4v) is 8.28. The lowest BCUT2D eigenvalue weighted by Gasteiger charge is -2.25. The highest BCUT2D eigenvalue weighted by atomic mass is 79.9. The van der Waals surface area contributed by atoms with Crippen LogP contribution in [-0.2, 0) is 0 Å². The van der Waals surface area contributed by atoms with Crippen molar-refractivity contribution < 1.29 is 0 Å². The molecule has 0 aliphatic carbocycles. The average Bonchev–Trinajstić information content (AvgIpc) is 2.79. The molecular weight excluding hydrogens is 336 g/mol. The van der Waals surface area contributed by atoms with Gasteiger partial charge in [-0.1, -0.05) is 83.1 Å². The van der Waals surface area contributed by atoms with Crippen molar-refractivity contribution in [3.05, 3.63) is 77.3 Å². The number of hydrogen-bond donors (Lipinski definition) is 0. The topological polar surface area (TPSA) is 0 Å². The van der Waals surface area contributed by atoms with E-state index in [4.69, 9.17) is 0 Å². The van der Waals surface area contributed by atoms with Crippen LogP contribution in [0.3, 0.4) is 0 Å². The van der Waals surface area contributed by atoms with Gasteiger partial charge in [0.25, 0.3) is 0 Å². The summed E-state index contributed by atoms with van der Waals surface area (Å²) < 4.78 is 1.17. The van der Waals surface area contributed by atoms with Gasteiger partial charge in [0.1, 0.15) is 8.07 Å². The van der Waals surface area contributed by atoms with E-state index >= 15 is 0 Å². The SMILES string of the molecule is C[Si]1(c2ccccc2)c2ccccc2-c2ccc(Br)cc21. The molecule has 0 radical (unpaired) electrons. The summed E-state index contributed by atoms with van der Waals surface area (Å²) in [6.45, 7) is 2.47. The van der Waals surface area contributed by atoms with E-state index in [0.717, 1.165) is 0 Å². The van der Waals surface area contributed by atoms with Crippen molar-refractivity contribution >= 4 is 39.6 Å². The van der Waals surface area contributed by atoms with E-state index in [1.807, 2.05) is 0 Å². The van der Waals surface area contributed by atoms with Gasteiger partial charge in [0.15, 0.2) is 0 Å². The van der Waals surface area contributed by atoms with Crippen LogP contribution in [0.15, 0.2) is 77.3 Å². The predicted molar refractivity (Wildman–Crippen MR) is 96.5 cm³/mol. The van der Waals surface area contributed by atoms with Gasteiger partial charge in [0, 0.05) is 4.47 Å². The van der Waals surface area contributed by atoms with Crippen LogP contribution >= 0.6 is 15.9 Å². The van der Waals surface area contributed by atoms with Crippen molar-refractivity contribution in [3.8, 4) is 11.1 Å². The molecule has 1 aliphatic heterocycles. The Labute approximate surface area is 134 Å². The maximum atomic E-state index is 3.66. The molecule has 0 bridgehead atoms. The lowest BCUT2D eigenvalue weighted by atomic mass is 10.1. The summed E-state index contributed by atoms with van der Waals surface area (Å²) in [5.74, 6) is 0. The molecule has 102 valence electrons. The Morgan fingerprint density at radius 2 is 1.38 bits per heavy atom. The van der Waals surface area contributed by atoms with Gasteiger partial charge in [-0.05, 0) is 38.8 Å². The third kappa shape index (κ3) is 1.79. The van der Waals surface area contributed by atoms with Crippen molar-refractivity contribution in [1.82, 2.24) is 0 Å². The third-order valence-electron chi connectivity index (χ3n) is 4.63. The average molecular weight is 351 g/mol. The van der Waals surface area contributed by atoms with Gasteiger partial charge in [0.2, 0.25) is 0 Å². The van der Waals surface area contributed by atoms with E-state index < -0.39 is 8.07 Å². The van der Waals surface area contributed by atoms with Crippen LogP contribution in [0.1, 0.15) is 0 Å². The molecule has 0 nitrogen and oxygen atoms in total. The van der Waals surface area contributed by atoms with Crippen molar-refractivity contribution in [2.24, 2.45) is 0 Å². The second kappa shape index (κ2) is 4.69. The van der Waals surface area contributed by atoms with Gasteiger partial charge in [-0.25, -0.2) is 0 Å². The minimum atomic E-state index is -1.87. The Bertz CT molecular complexity index is 826. The maximum Gasteiger partial charge on any atom is 0.147 e.